The third-order valence-electron chi connectivity index (χ3n) is 4.87. The van der Waals surface area contributed by atoms with Gasteiger partial charge in [0.1, 0.15) is 5.69 Å². The normalized spacial score (nSPS) is 15.0. The van der Waals surface area contributed by atoms with Gasteiger partial charge in [0.25, 0.3) is 5.56 Å². The van der Waals surface area contributed by atoms with Crippen LogP contribution in [0.3, 0.4) is 0 Å². The number of aromatic amines is 1. The number of hydrogen-bond donors (Lipinski definition) is 2. The fraction of sp³-hybridized carbons (Fsp3) is 0.286. The maximum atomic E-state index is 12.5. The maximum absolute atomic E-state index is 12.5. The van der Waals surface area contributed by atoms with E-state index in [2.05, 4.69) is 20.2 Å². The molecule has 1 aliphatic heterocycles. The number of anilines is 1. The van der Waals surface area contributed by atoms with E-state index < -0.39 is 0 Å². The summed E-state index contributed by atoms with van der Waals surface area (Å²) in [4.78, 5) is 34.6. The number of para-hydroxylation sites is 3. The predicted octanol–water partition coefficient (Wildman–Crippen LogP) is 3.01. The van der Waals surface area contributed by atoms with Gasteiger partial charge in [0.15, 0.2) is 0 Å². The Balaban J connectivity index is 1.62. The molecule has 3 aromatic rings. The van der Waals surface area contributed by atoms with E-state index in [4.69, 9.17) is 0 Å². The summed E-state index contributed by atoms with van der Waals surface area (Å²) in [5.41, 5.74) is 2.66. The molecule has 1 fully saturated rings. The molecule has 138 valence electrons. The Kier molecular flexibility index (Phi) is 4.98. The Morgan fingerprint density at radius 1 is 1.04 bits per heavy atom. The SMILES string of the molecule is O=C(CN1CCCCC1)Nc1ccccc1-c1nc2ccccc2[nH]c1=O. The van der Waals surface area contributed by atoms with Crippen molar-refractivity contribution in [2.45, 2.75) is 19.3 Å². The summed E-state index contributed by atoms with van der Waals surface area (Å²) < 4.78 is 0. The van der Waals surface area contributed by atoms with E-state index >= 15 is 0 Å². The molecule has 1 saturated heterocycles. The fourth-order valence-electron chi connectivity index (χ4n) is 3.52. The Bertz CT molecular complexity index is 1020. The first kappa shape index (κ1) is 17.4. The Labute approximate surface area is 157 Å². The Morgan fingerprint density at radius 3 is 2.63 bits per heavy atom. The van der Waals surface area contributed by atoms with E-state index in [0.29, 0.717) is 34.5 Å². The topological polar surface area (TPSA) is 78.1 Å². The highest BCUT2D eigenvalue weighted by atomic mass is 16.2. The first-order valence-electron chi connectivity index (χ1n) is 9.31. The number of piperidine rings is 1. The van der Waals surface area contributed by atoms with Crippen LogP contribution >= 0.6 is 0 Å². The minimum atomic E-state index is -0.272. The maximum Gasteiger partial charge on any atom is 0.275 e. The highest BCUT2D eigenvalue weighted by Gasteiger charge is 2.17. The monoisotopic (exact) mass is 362 g/mol. The van der Waals surface area contributed by atoms with E-state index in [1.807, 2.05) is 42.5 Å². The van der Waals surface area contributed by atoms with Crippen LogP contribution in [-0.2, 0) is 4.79 Å². The molecule has 6 nitrogen and oxygen atoms in total. The standard InChI is InChI=1S/C21H22N4O2/c26-19(14-25-12-6-1-7-13-25)22-16-9-3-2-8-15(16)20-21(27)24-18-11-5-4-10-17(18)23-20/h2-5,8-11H,1,6-7,12-14H2,(H,22,26)(H,24,27). The van der Waals surface area contributed by atoms with Gasteiger partial charge in [0, 0.05) is 5.56 Å². The van der Waals surface area contributed by atoms with E-state index in [1.165, 1.54) is 6.42 Å². The number of amides is 1. The first-order valence-corrected chi connectivity index (χ1v) is 9.31. The van der Waals surface area contributed by atoms with Gasteiger partial charge in [-0.05, 0) is 44.1 Å². The summed E-state index contributed by atoms with van der Waals surface area (Å²) in [5.74, 6) is -0.0680. The van der Waals surface area contributed by atoms with Gasteiger partial charge >= 0.3 is 0 Å². The predicted molar refractivity (Wildman–Crippen MR) is 107 cm³/mol. The zero-order valence-electron chi connectivity index (χ0n) is 15.1. The van der Waals surface area contributed by atoms with Crippen molar-refractivity contribution in [2.24, 2.45) is 0 Å². The number of nitrogens with one attached hydrogen (secondary N) is 2. The molecule has 0 bridgehead atoms. The molecule has 0 aliphatic carbocycles. The average molecular weight is 362 g/mol. The van der Waals surface area contributed by atoms with Crippen LogP contribution < -0.4 is 10.9 Å². The minimum Gasteiger partial charge on any atom is -0.324 e. The number of aromatic nitrogens is 2. The molecule has 4 rings (SSSR count). The molecule has 0 saturated carbocycles. The molecule has 0 atom stereocenters. The molecule has 1 aromatic heterocycles. The number of benzene rings is 2. The molecule has 2 aromatic carbocycles. The van der Waals surface area contributed by atoms with Crippen molar-refractivity contribution in [3.05, 3.63) is 58.9 Å². The number of carbonyl (C=O) groups excluding carboxylic acids is 1. The van der Waals surface area contributed by atoms with Gasteiger partial charge in [0.2, 0.25) is 5.91 Å². The van der Waals surface area contributed by atoms with Crippen LogP contribution in [0.15, 0.2) is 53.3 Å². The number of hydrogen-bond acceptors (Lipinski definition) is 4. The van der Waals surface area contributed by atoms with Gasteiger partial charge in [-0.1, -0.05) is 36.8 Å². The van der Waals surface area contributed by atoms with Crippen LogP contribution in [0.4, 0.5) is 5.69 Å². The molecule has 27 heavy (non-hydrogen) atoms. The summed E-state index contributed by atoms with van der Waals surface area (Å²) in [6.45, 7) is 2.29. The number of likely N-dealkylation sites (tertiary alicyclic amines) is 1. The molecule has 1 amide bonds. The second-order valence-electron chi connectivity index (χ2n) is 6.86. The lowest BCUT2D eigenvalue weighted by Gasteiger charge is -2.25. The minimum absolute atomic E-state index is 0.0680. The Morgan fingerprint density at radius 2 is 1.78 bits per heavy atom. The largest absolute Gasteiger partial charge is 0.324 e. The summed E-state index contributed by atoms with van der Waals surface area (Å²) in [6.07, 6.45) is 3.51. The smallest absolute Gasteiger partial charge is 0.275 e. The van der Waals surface area contributed by atoms with Crippen molar-refractivity contribution in [1.29, 1.82) is 0 Å². The second kappa shape index (κ2) is 7.72. The van der Waals surface area contributed by atoms with Crippen LogP contribution in [0, 0.1) is 0 Å². The van der Waals surface area contributed by atoms with Crippen molar-refractivity contribution in [2.75, 3.05) is 25.0 Å². The molecule has 0 radical (unpaired) electrons. The third kappa shape index (κ3) is 3.90. The van der Waals surface area contributed by atoms with Gasteiger partial charge in [-0.2, -0.15) is 0 Å². The van der Waals surface area contributed by atoms with E-state index in [-0.39, 0.29) is 11.5 Å². The number of carbonyl (C=O) groups is 1. The van der Waals surface area contributed by atoms with Crippen molar-refractivity contribution >= 4 is 22.6 Å². The highest BCUT2D eigenvalue weighted by Crippen LogP contribution is 2.25. The van der Waals surface area contributed by atoms with Gasteiger partial charge in [-0.25, -0.2) is 4.98 Å². The second-order valence-corrected chi connectivity index (χ2v) is 6.86. The van der Waals surface area contributed by atoms with Crippen molar-refractivity contribution in [1.82, 2.24) is 14.9 Å². The first-order chi connectivity index (χ1) is 13.2. The molecule has 2 N–H and O–H groups in total. The van der Waals surface area contributed by atoms with Gasteiger partial charge in [-0.15, -0.1) is 0 Å². The quantitative estimate of drug-likeness (QED) is 0.748. The number of rotatable bonds is 4. The zero-order chi connectivity index (χ0) is 18.6. The van der Waals surface area contributed by atoms with Gasteiger partial charge < -0.3 is 10.3 Å². The lowest BCUT2D eigenvalue weighted by atomic mass is 10.1. The summed E-state index contributed by atoms with van der Waals surface area (Å²) in [5, 5.41) is 2.96. The van der Waals surface area contributed by atoms with Crippen LogP contribution in [0.1, 0.15) is 19.3 Å². The Hall–Kier alpha value is -2.99. The number of H-pyrrole nitrogens is 1. The summed E-state index contributed by atoms with van der Waals surface area (Å²) in [7, 11) is 0. The zero-order valence-corrected chi connectivity index (χ0v) is 15.1. The fourth-order valence-corrected chi connectivity index (χ4v) is 3.52. The van der Waals surface area contributed by atoms with Gasteiger partial charge in [-0.3, -0.25) is 14.5 Å². The highest BCUT2D eigenvalue weighted by molar-refractivity contribution is 5.96. The van der Waals surface area contributed by atoms with Crippen LogP contribution in [-0.4, -0.2) is 40.4 Å². The lowest BCUT2D eigenvalue weighted by Crippen LogP contribution is -2.36. The third-order valence-corrected chi connectivity index (χ3v) is 4.87. The molecule has 0 unspecified atom stereocenters. The molecular weight excluding hydrogens is 340 g/mol. The van der Waals surface area contributed by atoms with E-state index in [9.17, 15) is 9.59 Å². The van der Waals surface area contributed by atoms with Crippen LogP contribution in [0.2, 0.25) is 0 Å². The molecular formula is C21H22N4O2. The van der Waals surface area contributed by atoms with Gasteiger partial charge in [0.05, 0.1) is 23.3 Å². The van der Waals surface area contributed by atoms with Crippen LogP contribution in [0.5, 0.6) is 0 Å². The van der Waals surface area contributed by atoms with E-state index in [0.717, 1.165) is 25.9 Å². The molecule has 0 spiro atoms. The van der Waals surface area contributed by atoms with Crippen molar-refractivity contribution in [3.63, 3.8) is 0 Å². The molecule has 2 heterocycles. The summed E-state index contributed by atoms with van der Waals surface area (Å²) in [6, 6.07) is 14.7. The molecule has 6 heteroatoms. The number of nitrogens with zero attached hydrogens (tertiary/aromatic N) is 2. The summed E-state index contributed by atoms with van der Waals surface area (Å²) >= 11 is 0. The number of fused-ring (bicyclic) bond motifs is 1. The average Bonchev–Trinajstić information content (AvgIpc) is 2.69. The van der Waals surface area contributed by atoms with Crippen LogP contribution in [0.25, 0.3) is 22.3 Å². The molecule has 1 aliphatic rings. The lowest BCUT2D eigenvalue weighted by molar-refractivity contribution is -0.117. The van der Waals surface area contributed by atoms with E-state index in [1.54, 1.807) is 6.07 Å². The van der Waals surface area contributed by atoms with Crippen molar-refractivity contribution in [3.8, 4) is 11.3 Å². The van der Waals surface area contributed by atoms with Crippen molar-refractivity contribution < 1.29 is 4.79 Å².